The maximum absolute atomic E-state index is 12.5. The molecular weight excluding hydrogens is 428 g/mol. The van der Waals surface area contributed by atoms with Gasteiger partial charge in [0.15, 0.2) is 15.7 Å². The first-order valence-electron chi connectivity index (χ1n) is 10.7. The fourth-order valence-electron chi connectivity index (χ4n) is 3.81. The molecule has 9 heteroatoms. The number of H-pyrrole nitrogens is 1. The lowest BCUT2D eigenvalue weighted by molar-refractivity contribution is -0.116. The third-order valence-electron chi connectivity index (χ3n) is 5.66. The minimum atomic E-state index is -0.0778. The van der Waals surface area contributed by atoms with Crippen LogP contribution in [0.25, 0.3) is 11.4 Å². The molecule has 164 valence electrons. The molecular formula is C22H28N6OS2. The Morgan fingerprint density at radius 3 is 2.94 bits per heavy atom. The molecule has 1 saturated heterocycles. The predicted molar refractivity (Wildman–Crippen MR) is 127 cm³/mol. The van der Waals surface area contributed by atoms with Crippen molar-refractivity contribution in [3.05, 3.63) is 45.7 Å². The zero-order valence-electron chi connectivity index (χ0n) is 17.9. The number of aryl methyl sites for hydroxylation is 1. The molecule has 0 saturated carbocycles. The maximum atomic E-state index is 12.5. The van der Waals surface area contributed by atoms with Crippen molar-refractivity contribution in [2.75, 3.05) is 18.4 Å². The molecule has 0 bridgehead atoms. The van der Waals surface area contributed by atoms with Gasteiger partial charge in [0.25, 0.3) is 0 Å². The van der Waals surface area contributed by atoms with Gasteiger partial charge in [0.1, 0.15) is 0 Å². The smallest absolute Gasteiger partial charge is 0.227 e. The summed E-state index contributed by atoms with van der Waals surface area (Å²) < 4.78 is 2.38. The molecule has 1 aliphatic heterocycles. The molecule has 0 atom stereocenters. The molecule has 4 rings (SSSR count). The van der Waals surface area contributed by atoms with E-state index in [1.54, 1.807) is 0 Å². The number of piperidine rings is 1. The maximum Gasteiger partial charge on any atom is 0.227 e. The molecule has 7 nitrogen and oxygen atoms in total. The van der Waals surface area contributed by atoms with Crippen LogP contribution >= 0.6 is 23.6 Å². The normalized spacial score (nSPS) is 15.3. The van der Waals surface area contributed by atoms with Gasteiger partial charge < -0.3 is 5.32 Å². The second-order valence-corrected chi connectivity index (χ2v) is 9.52. The first-order valence-corrected chi connectivity index (χ1v) is 12.0. The van der Waals surface area contributed by atoms with Crippen molar-refractivity contribution in [2.45, 2.75) is 46.2 Å². The van der Waals surface area contributed by atoms with Gasteiger partial charge >= 0.3 is 0 Å². The number of hydrogen-bond donors (Lipinski definition) is 2. The number of rotatable bonds is 7. The van der Waals surface area contributed by atoms with Crippen molar-refractivity contribution in [1.29, 1.82) is 0 Å². The second kappa shape index (κ2) is 9.84. The van der Waals surface area contributed by atoms with Gasteiger partial charge in [-0.05, 0) is 57.1 Å². The molecule has 0 spiro atoms. The van der Waals surface area contributed by atoms with Gasteiger partial charge in [-0.2, -0.15) is 5.10 Å². The summed E-state index contributed by atoms with van der Waals surface area (Å²) in [5, 5.41) is 12.8. The van der Waals surface area contributed by atoms with Gasteiger partial charge in [-0.3, -0.25) is 19.4 Å². The number of carbonyl (C=O) groups excluding carboxylic acids is 1. The summed E-state index contributed by atoms with van der Waals surface area (Å²) in [6.45, 7) is 7.90. The number of nitrogens with zero attached hydrogens (tertiary/aromatic N) is 4. The van der Waals surface area contributed by atoms with E-state index in [-0.39, 0.29) is 5.91 Å². The van der Waals surface area contributed by atoms with Gasteiger partial charge in [-0.25, -0.2) is 4.98 Å². The molecule has 31 heavy (non-hydrogen) atoms. The standard InChI is InChI=1S/C22H28N6OS2/c1-15-6-9-27(10-7-15)13-18-14-31-21(23-18)24-19(29)8-11-28-20(25-26-22(28)30)17-5-3-4-16(2)12-17/h3-5,12,14-15H,6-11,13H2,1-2H3,(H,26,30)(H,23,24,29). The zero-order chi connectivity index (χ0) is 21.8. The lowest BCUT2D eigenvalue weighted by Gasteiger charge is -2.29. The SMILES string of the molecule is Cc1cccc(-c2n[nH]c(=S)n2CCC(=O)Nc2nc(CN3CCC(C)CC3)cs2)c1. The summed E-state index contributed by atoms with van der Waals surface area (Å²) in [6.07, 6.45) is 2.79. The molecule has 0 unspecified atom stereocenters. The van der Waals surface area contributed by atoms with Crippen molar-refractivity contribution in [3.63, 3.8) is 0 Å². The van der Waals surface area contributed by atoms with E-state index in [4.69, 9.17) is 12.2 Å². The van der Waals surface area contributed by atoms with Gasteiger partial charge in [0.2, 0.25) is 5.91 Å². The van der Waals surface area contributed by atoms with Crippen LogP contribution in [-0.4, -0.2) is 43.6 Å². The Hall–Kier alpha value is -2.36. The molecule has 2 N–H and O–H groups in total. The van der Waals surface area contributed by atoms with Gasteiger partial charge in [-0.15, -0.1) is 11.3 Å². The lowest BCUT2D eigenvalue weighted by Crippen LogP contribution is -2.32. The van der Waals surface area contributed by atoms with Gasteiger partial charge in [0, 0.05) is 30.5 Å². The highest BCUT2D eigenvalue weighted by Gasteiger charge is 2.17. The minimum Gasteiger partial charge on any atom is -0.302 e. The van der Waals surface area contributed by atoms with Crippen molar-refractivity contribution in [3.8, 4) is 11.4 Å². The molecule has 1 aliphatic rings. The summed E-state index contributed by atoms with van der Waals surface area (Å²) in [4.78, 5) is 19.6. The van der Waals surface area contributed by atoms with Crippen LogP contribution in [0.3, 0.4) is 0 Å². The van der Waals surface area contributed by atoms with E-state index in [0.29, 0.717) is 22.9 Å². The fraction of sp³-hybridized carbons (Fsp3) is 0.455. The Labute approximate surface area is 191 Å². The molecule has 1 fully saturated rings. The van der Waals surface area contributed by atoms with Gasteiger partial charge in [0.05, 0.1) is 5.69 Å². The molecule has 1 aromatic carbocycles. The molecule has 3 aromatic rings. The van der Waals surface area contributed by atoms with Crippen LogP contribution in [0.4, 0.5) is 5.13 Å². The van der Waals surface area contributed by atoms with Crippen LogP contribution in [0.1, 0.15) is 37.4 Å². The average molecular weight is 457 g/mol. The number of amides is 1. The summed E-state index contributed by atoms with van der Waals surface area (Å²) >= 11 is 6.85. The summed E-state index contributed by atoms with van der Waals surface area (Å²) in [7, 11) is 0. The highest BCUT2D eigenvalue weighted by molar-refractivity contribution is 7.71. The van der Waals surface area contributed by atoms with E-state index in [9.17, 15) is 4.79 Å². The van der Waals surface area contributed by atoms with Crippen molar-refractivity contribution < 1.29 is 4.79 Å². The van der Waals surface area contributed by atoms with Crippen LogP contribution < -0.4 is 5.32 Å². The summed E-state index contributed by atoms with van der Waals surface area (Å²) in [6, 6.07) is 8.08. The van der Waals surface area contributed by atoms with E-state index in [2.05, 4.69) is 38.4 Å². The van der Waals surface area contributed by atoms with E-state index >= 15 is 0 Å². The fourth-order valence-corrected chi connectivity index (χ4v) is 4.75. The zero-order valence-corrected chi connectivity index (χ0v) is 19.6. The second-order valence-electron chi connectivity index (χ2n) is 8.27. The third kappa shape index (κ3) is 5.66. The highest BCUT2D eigenvalue weighted by atomic mass is 32.1. The van der Waals surface area contributed by atoms with E-state index in [1.165, 1.54) is 24.2 Å². The number of aromatic amines is 1. The Bertz CT molecular complexity index is 1090. The van der Waals surface area contributed by atoms with E-state index < -0.39 is 0 Å². The van der Waals surface area contributed by atoms with Gasteiger partial charge in [-0.1, -0.05) is 30.7 Å². The van der Waals surface area contributed by atoms with Crippen LogP contribution in [0.15, 0.2) is 29.6 Å². The quantitative estimate of drug-likeness (QED) is 0.507. The van der Waals surface area contributed by atoms with Crippen LogP contribution in [0.5, 0.6) is 0 Å². The van der Waals surface area contributed by atoms with Crippen LogP contribution in [0, 0.1) is 17.6 Å². The first kappa shape index (κ1) is 21.9. The van der Waals surface area contributed by atoms with E-state index in [0.717, 1.165) is 48.2 Å². The number of benzene rings is 1. The number of anilines is 1. The Kier molecular flexibility index (Phi) is 6.94. The Morgan fingerprint density at radius 2 is 2.16 bits per heavy atom. The van der Waals surface area contributed by atoms with Crippen molar-refractivity contribution >= 4 is 34.6 Å². The molecule has 1 amide bonds. The number of aromatic nitrogens is 4. The molecule has 0 aliphatic carbocycles. The Morgan fingerprint density at radius 1 is 1.35 bits per heavy atom. The predicted octanol–water partition coefficient (Wildman–Crippen LogP) is 4.63. The molecule has 0 radical (unpaired) electrons. The van der Waals surface area contributed by atoms with E-state index in [1.807, 2.05) is 35.1 Å². The highest BCUT2D eigenvalue weighted by Crippen LogP contribution is 2.22. The number of hydrogen-bond acceptors (Lipinski definition) is 6. The summed E-state index contributed by atoms with van der Waals surface area (Å²) in [5.41, 5.74) is 3.15. The number of likely N-dealkylation sites (tertiary alicyclic amines) is 1. The monoisotopic (exact) mass is 456 g/mol. The van der Waals surface area contributed by atoms with Crippen molar-refractivity contribution in [2.24, 2.45) is 5.92 Å². The summed E-state index contributed by atoms with van der Waals surface area (Å²) in [5.74, 6) is 1.48. The molecule has 3 heterocycles. The van der Waals surface area contributed by atoms with Crippen LogP contribution in [0.2, 0.25) is 0 Å². The Balaban J connectivity index is 1.33. The third-order valence-corrected chi connectivity index (χ3v) is 6.78. The minimum absolute atomic E-state index is 0.0778. The topological polar surface area (TPSA) is 78.8 Å². The lowest BCUT2D eigenvalue weighted by atomic mass is 9.99. The van der Waals surface area contributed by atoms with Crippen LogP contribution in [-0.2, 0) is 17.9 Å². The number of nitrogens with one attached hydrogen (secondary N) is 2. The molecule has 2 aromatic heterocycles. The van der Waals surface area contributed by atoms with Crippen molar-refractivity contribution in [1.82, 2.24) is 24.6 Å². The number of thiazole rings is 1. The number of carbonyl (C=O) groups is 1. The average Bonchev–Trinajstić information content (AvgIpc) is 3.34. The first-order chi connectivity index (χ1) is 15.0. The largest absolute Gasteiger partial charge is 0.302 e.